The minimum Gasteiger partial charge on any atom is -0.376 e. The zero-order valence-corrected chi connectivity index (χ0v) is 16.1. The first-order chi connectivity index (χ1) is 12.7. The molecule has 0 saturated carbocycles. The molecule has 1 aromatic carbocycles. The maximum absolute atomic E-state index is 5.97. The van der Waals surface area contributed by atoms with Crippen molar-refractivity contribution in [2.24, 2.45) is 7.05 Å². The highest BCUT2D eigenvalue weighted by molar-refractivity contribution is 7.98. The molecule has 8 heteroatoms. The van der Waals surface area contributed by atoms with Gasteiger partial charge in [0.1, 0.15) is 0 Å². The van der Waals surface area contributed by atoms with Crippen LogP contribution in [0.1, 0.15) is 18.4 Å². The Kier molecular flexibility index (Phi) is 5.28. The standard InChI is InChI=1S/C18H20ClN5OS/c1-23-10-14(9-20-23)17-21-22-18(24(17)11-16-3-2-8-25-16)26-12-13-4-6-15(19)7-5-13/h4-7,9-10,16H,2-3,8,11-12H2,1H3/t16-/m1/s1. The lowest BCUT2D eigenvalue weighted by molar-refractivity contribution is 0.0953. The van der Waals surface area contributed by atoms with Crippen LogP contribution in [0, 0.1) is 0 Å². The number of rotatable bonds is 6. The molecule has 3 heterocycles. The fraction of sp³-hybridized carbons (Fsp3) is 0.389. The van der Waals surface area contributed by atoms with Crippen LogP contribution in [0.5, 0.6) is 0 Å². The van der Waals surface area contributed by atoms with Crippen molar-refractivity contribution >= 4 is 23.4 Å². The van der Waals surface area contributed by atoms with Crippen molar-refractivity contribution < 1.29 is 4.74 Å². The monoisotopic (exact) mass is 389 g/mol. The van der Waals surface area contributed by atoms with Crippen LogP contribution in [0.25, 0.3) is 11.4 Å². The molecule has 0 spiro atoms. The summed E-state index contributed by atoms with van der Waals surface area (Å²) in [5, 5.41) is 14.8. The number of aryl methyl sites for hydroxylation is 1. The van der Waals surface area contributed by atoms with Gasteiger partial charge in [-0.3, -0.25) is 9.25 Å². The molecule has 6 nitrogen and oxygen atoms in total. The number of aromatic nitrogens is 5. The Morgan fingerprint density at radius 1 is 1.27 bits per heavy atom. The van der Waals surface area contributed by atoms with Crippen molar-refractivity contribution in [1.82, 2.24) is 24.5 Å². The Morgan fingerprint density at radius 3 is 2.81 bits per heavy atom. The van der Waals surface area contributed by atoms with E-state index in [1.54, 1.807) is 16.4 Å². The molecule has 1 aliphatic rings. The van der Waals surface area contributed by atoms with Crippen LogP contribution in [-0.2, 0) is 24.1 Å². The molecule has 0 radical (unpaired) electrons. The molecule has 0 N–H and O–H groups in total. The number of halogens is 1. The summed E-state index contributed by atoms with van der Waals surface area (Å²) in [7, 11) is 1.90. The Labute approximate surface area is 161 Å². The first-order valence-electron chi connectivity index (χ1n) is 8.60. The minimum absolute atomic E-state index is 0.219. The predicted octanol–water partition coefficient (Wildman–Crippen LogP) is 3.80. The topological polar surface area (TPSA) is 57.8 Å². The molecule has 136 valence electrons. The number of ether oxygens (including phenoxy) is 1. The highest BCUT2D eigenvalue weighted by Crippen LogP contribution is 2.28. The first-order valence-corrected chi connectivity index (χ1v) is 9.96. The SMILES string of the molecule is Cn1cc(-c2nnc(SCc3ccc(Cl)cc3)n2C[C@H]2CCCO2)cn1. The van der Waals surface area contributed by atoms with Gasteiger partial charge in [0.05, 0.1) is 24.4 Å². The van der Waals surface area contributed by atoms with Gasteiger partial charge in [0.15, 0.2) is 11.0 Å². The van der Waals surface area contributed by atoms with Crippen LogP contribution < -0.4 is 0 Å². The second kappa shape index (κ2) is 7.82. The molecule has 4 rings (SSSR count). The van der Waals surface area contributed by atoms with E-state index in [9.17, 15) is 0 Å². The summed E-state index contributed by atoms with van der Waals surface area (Å²) in [5.74, 6) is 1.65. The summed E-state index contributed by atoms with van der Waals surface area (Å²) < 4.78 is 9.77. The second-order valence-corrected chi connectivity index (χ2v) is 7.75. The van der Waals surface area contributed by atoms with Crippen molar-refractivity contribution in [1.29, 1.82) is 0 Å². The number of benzene rings is 1. The lowest BCUT2D eigenvalue weighted by atomic mass is 10.2. The van der Waals surface area contributed by atoms with E-state index in [1.165, 1.54) is 5.56 Å². The summed E-state index contributed by atoms with van der Waals surface area (Å²) in [6.45, 7) is 1.60. The quantitative estimate of drug-likeness (QED) is 0.600. The molecule has 1 saturated heterocycles. The van der Waals surface area contributed by atoms with E-state index in [4.69, 9.17) is 16.3 Å². The van der Waals surface area contributed by atoms with Gasteiger partial charge < -0.3 is 4.74 Å². The van der Waals surface area contributed by atoms with Gasteiger partial charge >= 0.3 is 0 Å². The van der Waals surface area contributed by atoms with Gasteiger partial charge in [-0.05, 0) is 30.5 Å². The minimum atomic E-state index is 0.219. The van der Waals surface area contributed by atoms with Crippen molar-refractivity contribution in [2.75, 3.05) is 6.61 Å². The van der Waals surface area contributed by atoms with Gasteiger partial charge in [0.2, 0.25) is 0 Å². The predicted molar refractivity (Wildman–Crippen MR) is 102 cm³/mol. The van der Waals surface area contributed by atoms with Gasteiger partial charge in [-0.15, -0.1) is 10.2 Å². The smallest absolute Gasteiger partial charge is 0.191 e. The Morgan fingerprint density at radius 2 is 2.12 bits per heavy atom. The van der Waals surface area contributed by atoms with Crippen molar-refractivity contribution in [3.05, 3.63) is 47.2 Å². The second-order valence-electron chi connectivity index (χ2n) is 6.37. The van der Waals surface area contributed by atoms with Crippen LogP contribution >= 0.6 is 23.4 Å². The molecule has 0 aliphatic carbocycles. The molecule has 0 unspecified atom stereocenters. The molecule has 1 atom stereocenters. The molecule has 2 aromatic heterocycles. The number of thioether (sulfide) groups is 1. The highest BCUT2D eigenvalue weighted by atomic mass is 35.5. The van der Waals surface area contributed by atoms with Gasteiger partial charge in [0, 0.05) is 30.6 Å². The third kappa shape index (κ3) is 3.95. The van der Waals surface area contributed by atoms with Crippen molar-refractivity contribution in [3.8, 4) is 11.4 Å². The van der Waals surface area contributed by atoms with Crippen molar-refractivity contribution in [3.63, 3.8) is 0 Å². The summed E-state index contributed by atoms with van der Waals surface area (Å²) in [6.07, 6.45) is 6.19. The average molecular weight is 390 g/mol. The summed E-state index contributed by atoms with van der Waals surface area (Å²) >= 11 is 7.64. The number of hydrogen-bond acceptors (Lipinski definition) is 5. The lowest BCUT2D eigenvalue weighted by Gasteiger charge is -2.14. The normalized spacial score (nSPS) is 17.1. The molecule has 1 fully saturated rings. The maximum Gasteiger partial charge on any atom is 0.191 e. The maximum atomic E-state index is 5.97. The van der Waals surface area contributed by atoms with Crippen LogP contribution in [0.2, 0.25) is 5.02 Å². The molecule has 0 amide bonds. The van der Waals surface area contributed by atoms with Crippen molar-refractivity contribution in [2.45, 2.75) is 36.4 Å². The summed E-state index contributed by atoms with van der Waals surface area (Å²) in [6, 6.07) is 7.90. The summed E-state index contributed by atoms with van der Waals surface area (Å²) in [5.41, 5.74) is 2.17. The summed E-state index contributed by atoms with van der Waals surface area (Å²) in [4.78, 5) is 0. The molecular formula is C18H20ClN5OS. The number of hydrogen-bond donors (Lipinski definition) is 0. The van der Waals surface area contributed by atoms with Gasteiger partial charge in [-0.2, -0.15) is 5.10 Å². The van der Waals surface area contributed by atoms with E-state index >= 15 is 0 Å². The third-order valence-corrected chi connectivity index (χ3v) is 5.66. The van der Waals surface area contributed by atoms with Crippen LogP contribution in [0.15, 0.2) is 41.8 Å². The van der Waals surface area contributed by atoms with E-state index in [2.05, 4.69) is 19.9 Å². The van der Waals surface area contributed by atoms with E-state index in [0.29, 0.717) is 0 Å². The lowest BCUT2D eigenvalue weighted by Crippen LogP contribution is -2.16. The van der Waals surface area contributed by atoms with Crippen LogP contribution in [-0.4, -0.2) is 37.3 Å². The highest BCUT2D eigenvalue weighted by Gasteiger charge is 2.22. The third-order valence-electron chi connectivity index (χ3n) is 4.37. The van der Waals surface area contributed by atoms with E-state index < -0.39 is 0 Å². The van der Waals surface area contributed by atoms with Gasteiger partial charge in [0.25, 0.3) is 0 Å². The molecule has 1 aliphatic heterocycles. The molecule has 0 bridgehead atoms. The van der Waals surface area contributed by atoms with Gasteiger partial charge in [-0.25, -0.2) is 0 Å². The largest absolute Gasteiger partial charge is 0.376 e. The fourth-order valence-corrected chi connectivity index (χ4v) is 4.06. The Hall–Kier alpha value is -1.83. The zero-order chi connectivity index (χ0) is 17.9. The Bertz CT molecular complexity index is 870. The van der Waals surface area contributed by atoms with E-state index in [-0.39, 0.29) is 6.10 Å². The average Bonchev–Trinajstić information content (AvgIpc) is 3.37. The Balaban J connectivity index is 1.58. The zero-order valence-electron chi connectivity index (χ0n) is 14.5. The van der Waals surface area contributed by atoms with Crippen LogP contribution in [0.3, 0.4) is 0 Å². The van der Waals surface area contributed by atoms with Gasteiger partial charge in [-0.1, -0.05) is 35.5 Å². The molecule has 26 heavy (non-hydrogen) atoms. The van der Waals surface area contributed by atoms with Crippen LogP contribution in [0.4, 0.5) is 0 Å². The van der Waals surface area contributed by atoms with E-state index in [1.807, 2.05) is 43.7 Å². The molecular weight excluding hydrogens is 370 g/mol. The number of nitrogens with zero attached hydrogens (tertiary/aromatic N) is 5. The fourth-order valence-electron chi connectivity index (χ4n) is 3.03. The first kappa shape index (κ1) is 17.6. The van der Waals surface area contributed by atoms with E-state index in [0.717, 1.165) is 53.3 Å². The molecule has 3 aromatic rings.